The van der Waals surface area contributed by atoms with Gasteiger partial charge in [0, 0.05) is 12.1 Å². The second-order valence-corrected chi connectivity index (χ2v) is 6.42. The molecule has 1 amide bonds. The Morgan fingerprint density at radius 3 is 2.56 bits per heavy atom. The molecule has 7 heteroatoms. The number of aromatic nitrogens is 5. The molecule has 0 aliphatic heterocycles. The van der Waals surface area contributed by atoms with E-state index in [-0.39, 0.29) is 11.9 Å². The first-order chi connectivity index (χ1) is 11.9. The molecule has 0 saturated heterocycles. The average molecular weight is 338 g/mol. The predicted molar refractivity (Wildman–Crippen MR) is 96.1 cm³/mol. The molecule has 0 aliphatic carbocycles. The molecule has 25 heavy (non-hydrogen) atoms. The normalized spacial score (nSPS) is 11.1. The van der Waals surface area contributed by atoms with E-state index in [0.29, 0.717) is 17.2 Å². The first kappa shape index (κ1) is 16.9. The molecule has 2 heterocycles. The zero-order valence-corrected chi connectivity index (χ0v) is 15.1. The van der Waals surface area contributed by atoms with E-state index in [4.69, 9.17) is 0 Å². The maximum Gasteiger partial charge on any atom is 0.279 e. The van der Waals surface area contributed by atoms with Crippen LogP contribution in [0.4, 0.5) is 5.82 Å². The van der Waals surface area contributed by atoms with Gasteiger partial charge in [-0.05, 0) is 46.2 Å². The van der Waals surface area contributed by atoms with Crippen LogP contribution >= 0.6 is 0 Å². The van der Waals surface area contributed by atoms with Gasteiger partial charge in [-0.1, -0.05) is 17.7 Å². The fourth-order valence-corrected chi connectivity index (χ4v) is 2.73. The summed E-state index contributed by atoms with van der Waals surface area (Å²) < 4.78 is 1.75. The number of amides is 1. The van der Waals surface area contributed by atoms with Gasteiger partial charge in [0.25, 0.3) is 5.91 Å². The quantitative estimate of drug-likeness (QED) is 0.792. The van der Waals surface area contributed by atoms with Gasteiger partial charge in [-0.15, -0.1) is 5.10 Å². The summed E-state index contributed by atoms with van der Waals surface area (Å²) in [6, 6.07) is 7.94. The second kappa shape index (κ2) is 6.51. The van der Waals surface area contributed by atoms with Crippen LogP contribution in [0.2, 0.25) is 0 Å². The summed E-state index contributed by atoms with van der Waals surface area (Å²) in [6.07, 6.45) is 1.66. The molecule has 2 aromatic heterocycles. The fourth-order valence-electron chi connectivity index (χ4n) is 2.73. The van der Waals surface area contributed by atoms with Gasteiger partial charge in [0.1, 0.15) is 5.82 Å². The largest absolute Gasteiger partial charge is 0.305 e. The van der Waals surface area contributed by atoms with Crippen LogP contribution in [0.5, 0.6) is 0 Å². The number of hydrogen-bond donors (Lipinski definition) is 1. The minimum absolute atomic E-state index is 0.150. The molecule has 0 bridgehead atoms. The van der Waals surface area contributed by atoms with Crippen molar-refractivity contribution in [3.05, 3.63) is 53.0 Å². The molecule has 0 unspecified atom stereocenters. The van der Waals surface area contributed by atoms with Gasteiger partial charge in [-0.25, -0.2) is 4.68 Å². The number of aryl methyl sites for hydroxylation is 3. The Morgan fingerprint density at radius 2 is 1.88 bits per heavy atom. The third-order valence-corrected chi connectivity index (χ3v) is 3.97. The molecule has 0 atom stereocenters. The molecule has 130 valence electrons. The Labute approximate surface area is 146 Å². The van der Waals surface area contributed by atoms with Crippen LogP contribution in [-0.4, -0.2) is 30.7 Å². The highest BCUT2D eigenvalue weighted by molar-refractivity contribution is 6.03. The van der Waals surface area contributed by atoms with E-state index < -0.39 is 0 Å². The van der Waals surface area contributed by atoms with Crippen LogP contribution in [0.15, 0.2) is 30.5 Å². The zero-order valence-electron chi connectivity index (χ0n) is 15.1. The van der Waals surface area contributed by atoms with Gasteiger partial charge in [-0.2, -0.15) is 15.0 Å². The summed E-state index contributed by atoms with van der Waals surface area (Å²) >= 11 is 0. The van der Waals surface area contributed by atoms with Crippen LogP contribution < -0.4 is 5.32 Å². The van der Waals surface area contributed by atoms with Crippen molar-refractivity contribution in [1.29, 1.82) is 0 Å². The van der Waals surface area contributed by atoms with E-state index in [2.05, 4.69) is 26.7 Å². The standard InChI is InChI=1S/C18H22N6O/c1-11(2)23-16(8-9-19-23)20-18(25)17-14(5)21-24(22-17)15-7-6-12(3)10-13(15)4/h6-11H,1-5H3,(H,20,25). The number of rotatable bonds is 4. The lowest BCUT2D eigenvalue weighted by atomic mass is 10.1. The number of nitrogens with one attached hydrogen (secondary N) is 1. The lowest BCUT2D eigenvalue weighted by Gasteiger charge is -2.11. The Hall–Kier alpha value is -2.96. The maximum absolute atomic E-state index is 12.6. The molecule has 0 radical (unpaired) electrons. The number of hydrogen-bond acceptors (Lipinski definition) is 4. The zero-order chi connectivity index (χ0) is 18.1. The molecular formula is C18H22N6O. The molecule has 0 saturated carbocycles. The molecule has 7 nitrogen and oxygen atoms in total. The predicted octanol–water partition coefficient (Wildman–Crippen LogP) is 3.22. The van der Waals surface area contributed by atoms with Crippen molar-refractivity contribution in [2.24, 2.45) is 0 Å². The van der Waals surface area contributed by atoms with E-state index in [1.54, 1.807) is 23.9 Å². The van der Waals surface area contributed by atoms with Gasteiger partial charge < -0.3 is 5.32 Å². The number of benzene rings is 1. The highest BCUT2D eigenvalue weighted by Gasteiger charge is 2.19. The fraction of sp³-hybridized carbons (Fsp3) is 0.333. The van der Waals surface area contributed by atoms with Gasteiger partial charge in [0.05, 0.1) is 17.6 Å². The Balaban J connectivity index is 1.89. The highest BCUT2D eigenvalue weighted by Crippen LogP contribution is 2.17. The molecule has 1 aromatic carbocycles. The molecule has 3 rings (SSSR count). The van der Waals surface area contributed by atoms with Gasteiger partial charge in [0.2, 0.25) is 0 Å². The molecule has 0 spiro atoms. The van der Waals surface area contributed by atoms with Gasteiger partial charge >= 0.3 is 0 Å². The molecule has 0 fully saturated rings. The van der Waals surface area contributed by atoms with Gasteiger partial charge in [-0.3, -0.25) is 4.79 Å². The van der Waals surface area contributed by atoms with E-state index in [1.165, 1.54) is 10.4 Å². The van der Waals surface area contributed by atoms with Crippen LogP contribution in [-0.2, 0) is 0 Å². The summed E-state index contributed by atoms with van der Waals surface area (Å²) in [4.78, 5) is 14.1. The summed E-state index contributed by atoms with van der Waals surface area (Å²) in [5.74, 6) is 0.344. The minimum Gasteiger partial charge on any atom is -0.305 e. The summed E-state index contributed by atoms with van der Waals surface area (Å²) in [5, 5.41) is 15.9. The van der Waals surface area contributed by atoms with Crippen LogP contribution in [0.1, 0.15) is 47.2 Å². The number of nitrogens with zero attached hydrogens (tertiary/aromatic N) is 5. The van der Waals surface area contributed by atoms with Crippen LogP contribution in [0.3, 0.4) is 0 Å². The van der Waals surface area contributed by atoms with Crippen molar-refractivity contribution >= 4 is 11.7 Å². The molecule has 3 aromatic rings. The Kier molecular flexibility index (Phi) is 4.39. The van der Waals surface area contributed by atoms with Crippen molar-refractivity contribution in [2.75, 3.05) is 5.32 Å². The molecular weight excluding hydrogens is 316 g/mol. The van der Waals surface area contributed by atoms with Crippen LogP contribution in [0, 0.1) is 20.8 Å². The molecule has 0 aliphatic rings. The van der Waals surface area contributed by atoms with Crippen molar-refractivity contribution < 1.29 is 4.79 Å². The summed E-state index contributed by atoms with van der Waals surface area (Å²) in [6.45, 7) is 9.83. The van der Waals surface area contributed by atoms with E-state index >= 15 is 0 Å². The summed E-state index contributed by atoms with van der Waals surface area (Å²) in [7, 11) is 0. The van der Waals surface area contributed by atoms with Crippen molar-refractivity contribution in [3.8, 4) is 5.69 Å². The number of anilines is 1. The lowest BCUT2D eigenvalue weighted by molar-refractivity contribution is 0.102. The van der Waals surface area contributed by atoms with Crippen molar-refractivity contribution in [1.82, 2.24) is 24.8 Å². The maximum atomic E-state index is 12.6. The number of carbonyl (C=O) groups excluding carboxylic acids is 1. The van der Waals surface area contributed by atoms with E-state index in [0.717, 1.165) is 11.3 Å². The lowest BCUT2D eigenvalue weighted by Crippen LogP contribution is -2.18. The molecule has 1 N–H and O–H groups in total. The monoisotopic (exact) mass is 338 g/mol. The number of carbonyl (C=O) groups is 1. The Morgan fingerprint density at radius 1 is 1.12 bits per heavy atom. The van der Waals surface area contributed by atoms with Crippen molar-refractivity contribution in [3.63, 3.8) is 0 Å². The van der Waals surface area contributed by atoms with Crippen LogP contribution in [0.25, 0.3) is 5.69 Å². The first-order valence-corrected chi connectivity index (χ1v) is 8.23. The third-order valence-electron chi connectivity index (χ3n) is 3.97. The van der Waals surface area contributed by atoms with Gasteiger partial charge in [0.15, 0.2) is 5.69 Å². The Bertz CT molecular complexity index is 922. The van der Waals surface area contributed by atoms with Crippen molar-refractivity contribution in [2.45, 2.75) is 40.7 Å². The van der Waals surface area contributed by atoms with E-state index in [1.807, 2.05) is 39.8 Å². The average Bonchev–Trinajstić information content (AvgIpc) is 3.14. The first-order valence-electron chi connectivity index (χ1n) is 8.23. The minimum atomic E-state index is -0.295. The topological polar surface area (TPSA) is 77.6 Å². The smallest absolute Gasteiger partial charge is 0.279 e. The third kappa shape index (κ3) is 3.31. The summed E-state index contributed by atoms with van der Waals surface area (Å²) in [5.41, 5.74) is 3.97. The van der Waals surface area contributed by atoms with E-state index in [9.17, 15) is 4.79 Å². The second-order valence-electron chi connectivity index (χ2n) is 6.42. The highest BCUT2D eigenvalue weighted by atomic mass is 16.2. The SMILES string of the molecule is Cc1ccc(-n2nc(C)c(C(=O)Nc3ccnn3C(C)C)n2)c(C)c1.